The largest absolute Gasteiger partial charge is 0.405 e. The maximum absolute atomic E-state index is 13.9. The first-order chi connectivity index (χ1) is 11.4. The van der Waals surface area contributed by atoms with E-state index in [1.165, 1.54) is 0 Å². The lowest BCUT2D eigenvalue weighted by Gasteiger charge is -2.67. The van der Waals surface area contributed by atoms with Crippen LogP contribution in [0.4, 0.5) is 52.7 Å². The molecular formula is C13H6F12S. The van der Waals surface area contributed by atoms with Crippen molar-refractivity contribution in [1.29, 1.82) is 0 Å². The molecule has 0 aromatic carbocycles. The van der Waals surface area contributed by atoms with Gasteiger partial charge < -0.3 is 0 Å². The third kappa shape index (κ3) is 1.24. The molecule has 1 saturated heterocycles. The molecule has 0 radical (unpaired) electrons. The highest BCUT2D eigenvalue weighted by atomic mass is 32.2. The number of allylic oxidation sites excluding steroid dienone is 2. The minimum absolute atomic E-state index is 0.550. The van der Waals surface area contributed by atoms with E-state index in [1.54, 1.807) is 0 Å². The molecule has 2 saturated carbocycles. The molecule has 6 atom stereocenters. The van der Waals surface area contributed by atoms with Gasteiger partial charge >= 0.3 is 24.7 Å². The van der Waals surface area contributed by atoms with Crippen molar-refractivity contribution in [2.75, 3.05) is 0 Å². The molecule has 0 nitrogen and oxygen atoms in total. The summed E-state index contributed by atoms with van der Waals surface area (Å²) < 4.78 is 156. The van der Waals surface area contributed by atoms with E-state index < -0.39 is 75.0 Å². The van der Waals surface area contributed by atoms with Crippen LogP contribution in [0.25, 0.3) is 0 Å². The number of rotatable bonds is 0. The lowest BCUT2D eigenvalue weighted by Crippen LogP contribution is -2.88. The van der Waals surface area contributed by atoms with Gasteiger partial charge in [-0.2, -0.15) is 52.7 Å². The molecule has 1 aliphatic heterocycles. The minimum atomic E-state index is -6.14. The molecule has 0 spiro atoms. The first-order valence-electron chi connectivity index (χ1n) is 7.07. The number of fused-ring (bicyclic) bond motifs is 8. The molecule has 0 unspecified atom stereocenters. The van der Waals surface area contributed by atoms with Crippen molar-refractivity contribution in [3.8, 4) is 0 Å². The van der Waals surface area contributed by atoms with Crippen LogP contribution in [0.5, 0.6) is 0 Å². The quantitative estimate of drug-likeness (QED) is 0.276. The highest BCUT2D eigenvalue weighted by Gasteiger charge is 3.21. The molecule has 26 heavy (non-hydrogen) atoms. The standard InChI is InChI=1S/C13H6F12S/c14-10(15,16)6-4-1-2-5(3-4)7(6,11(17,18)19)9(13(23,24)25)8(6,26-9)12(20,21)22/h1-2,4-5H,3H2/t4-,5+,6-,7+,8-,9+. The summed E-state index contributed by atoms with van der Waals surface area (Å²) in [7, 11) is 0. The van der Waals surface area contributed by atoms with Crippen molar-refractivity contribution in [2.45, 2.75) is 40.6 Å². The van der Waals surface area contributed by atoms with Crippen molar-refractivity contribution in [3.05, 3.63) is 12.2 Å². The fraction of sp³-hybridized carbons (Fsp3) is 0.846. The summed E-state index contributed by atoms with van der Waals surface area (Å²) >= 11 is -1.27. The number of hydrogen-bond donors (Lipinski definition) is 0. The molecule has 3 aliphatic carbocycles. The van der Waals surface area contributed by atoms with Crippen LogP contribution >= 0.6 is 11.8 Å². The highest BCUT2D eigenvalue weighted by molar-refractivity contribution is 8.10. The molecule has 0 aromatic rings. The molecule has 4 rings (SSSR count). The fourth-order valence-electron chi connectivity index (χ4n) is 6.09. The van der Waals surface area contributed by atoms with Gasteiger partial charge in [-0.1, -0.05) is 12.2 Å². The average molecular weight is 422 g/mol. The summed E-state index contributed by atoms with van der Waals surface area (Å²) in [4.78, 5) is 0. The third-order valence-corrected chi connectivity index (χ3v) is 8.51. The maximum atomic E-state index is 13.9. The summed E-state index contributed by atoms with van der Waals surface area (Å²) in [6.07, 6.45) is -24.5. The molecule has 2 bridgehead atoms. The Labute approximate surface area is 141 Å². The average Bonchev–Trinajstić information content (AvgIpc) is 2.68. The van der Waals surface area contributed by atoms with Gasteiger partial charge in [0.25, 0.3) is 0 Å². The monoisotopic (exact) mass is 422 g/mol. The Morgan fingerprint density at radius 1 is 0.577 bits per heavy atom. The zero-order chi connectivity index (χ0) is 20.0. The zero-order valence-electron chi connectivity index (χ0n) is 12.0. The van der Waals surface area contributed by atoms with Crippen LogP contribution < -0.4 is 0 Å². The fourth-order valence-corrected chi connectivity index (χ4v) is 8.46. The first kappa shape index (κ1) is 18.6. The Morgan fingerprint density at radius 3 is 1.12 bits per heavy atom. The van der Waals surface area contributed by atoms with E-state index in [-0.39, 0.29) is 0 Å². The van der Waals surface area contributed by atoms with Crippen LogP contribution in [-0.4, -0.2) is 34.2 Å². The van der Waals surface area contributed by atoms with Gasteiger partial charge in [0.05, 0.1) is 0 Å². The van der Waals surface area contributed by atoms with Crippen LogP contribution in [0, 0.1) is 22.7 Å². The predicted octanol–water partition coefficient (Wildman–Crippen LogP) is 5.65. The molecule has 3 fully saturated rings. The Bertz CT molecular complexity index is 655. The molecule has 0 N–H and O–H groups in total. The van der Waals surface area contributed by atoms with Crippen molar-refractivity contribution in [1.82, 2.24) is 0 Å². The molecule has 0 aromatic heterocycles. The summed E-state index contributed by atoms with van der Waals surface area (Å²) in [5, 5.41) is 0. The molecule has 148 valence electrons. The summed E-state index contributed by atoms with van der Waals surface area (Å²) in [5.41, 5.74) is -9.19. The van der Waals surface area contributed by atoms with Crippen LogP contribution in [0.15, 0.2) is 12.2 Å². The zero-order valence-corrected chi connectivity index (χ0v) is 12.8. The van der Waals surface area contributed by atoms with E-state index in [0.717, 1.165) is 0 Å². The smallest absolute Gasteiger partial charge is 0.170 e. The van der Waals surface area contributed by atoms with Crippen molar-refractivity contribution < 1.29 is 52.7 Å². The van der Waals surface area contributed by atoms with Gasteiger partial charge in [-0.05, 0) is 18.3 Å². The van der Waals surface area contributed by atoms with Gasteiger partial charge in [0, 0.05) is 0 Å². The van der Waals surface area contributed by atoms with E-state index in [9.17, 15) is 52.7 Å². The lowest BCUT2D eigenvalue weighted by molar-refractivity contribution is -0.455. The SMILES string of the molecule is FC(F)(F)[C@@]12S[C@]1(C(F)(F)F)[C@@]1(C(F)(F)F)[C@@H]3C=C[C@@H](C3)[C@@]21C(F)(F)F. The van der Waals surface area contributed by atoms with Gasteiger partial charge in [-0.15, -0.1) is 11.8 Å². The second kappa shape index (κ2) is 4.00. The Balaban J connectivity index is 2.16. The third-order valence-electron chi connectivity index (χ3n) is 6.38. The van der Waals surface area contributed by atoms with Gasteiger partial charge in [0.2, 0.25) is 0 Å². The van der Waals surface area contributed by atoms with Gasteiger partial charge in [0.15, 0.2) is 9.49 Å². The van der Waals surface area contributed by atoms with Gasteiger partial charge in [-0.3, -0.25) is 0 Å². The van der Waals surface area contributed by atoms with Crippen LogP contribution in [0.2, 0.25) is 0 Å². The van der Waals surface area contributed by atoms with E-state index in [4.69, 9.17) is 0 Å². The summed E-state index contributed by atoms with van der Waals surface area (Å²) in [5.74, 6) is -4.64. The second-order valence-corrected chi connectivity index (χ2v) is 8.33. The van der Waals surface area contributed by atoms with Crippen molar-refractivity contribution in [2.24, 2.45) is 22.7 Å². The minimum Gasteiger partial charge on any atom is -0.170 e. The maximum Gasteiger partial charge on any atom is 0.405 e. The number of halogens is 12. The van der Waals surface area contributed by atoms with E-state index in [0.29, 0.717) is 12.2 Å². The summed E-state index contributed by atoms with van der Waals surface area (Å²) in [6, 6.07) is 0. The number of hydrogen-bond acceptors (Lipinski definition) is 1. The van der Waals surface area contributed by atoms with Crippen LogP contribution in [-0.2, 0) is 0 Å². The molecule has 13 heteroatoms. The lowest BCUT2D eigenvalue weighted by atomic mass is 9.33. The topological polar surface area (TPSA) is 0 Å². The molecule has 4 aliphatic rings. The van der Waals surface area contributed by atoms with E-state index in [1.807, 2.05) is 0 Å². The molecular weight excluding hydrogens is 416 g/mol. The predicted molar refractivity (Wildman–Crippen MR) is 62.9 cm³/mol. The first-order valence-corrected chi connectivity index (χ1v) is 7.89. The van der Waals surface area contributed by atoms with Crippen molar-refractivity contribution in [3.63, 3.8) is 0 Å². The van der Waals surface area contributed by atoms with E-state index in [2.05, 4.69) is 0 Å². The Hall–Kier alpha value is -0.750. The summed E-state index contributed by atoms with van der Waals surface area (Å²) in [6.45, 7) is 0. The second-order valence-electron chi connectivity index (χ2n) is 6.91. The molecule has 0 amide bonds. The van der Waals surface area contributed by atoms with Gasteiger partial charge in [0.1, 0.15) is 10.8 Å². The number of thioether (sulfide) groups is 1. The van der Waals surface area contributed by atoms with Crippen LogP contribution in [0.3, 0.4) is 0 Å². The van der Waals surface area contributed by atoms with E-state index >= 15 is 0 Å². The van der Waals surface area contributed by atoms with Gasteiger partial charge in [-0.25, -0.2) is 0 Å². The molecule has 1 heterocycles. The Kier molecular flexibility index (Phi) is 2.86. The number of alkyl halides is 12. The highest BCUT2D eigenvalue weighted by Crippen LogP contribution is 3.06. The normalized spacial score (nSPS) is 49.7. The van der Waals surface area contributed by atoms with Crippen LogP contribution in [0.1, 0.15) is 6.42 Å². The Morgan fingerprint density at radius 2 is 0.885 bits per heavy atom. The van der Waals surface area contributed by atoms with Crippen molar-refractivity contribution >= 4 is 11.8 Å².